The summed E-state index contributed by atoms with van der Waals surface area (Å²) in [6, 6.07) is 16.1. The van der Waals surface area contributed by atoms with Crippen molar-refractivity contribution in [3.8, 4) is 0 Å². The first-order chi connectivity index (χ1) is 9.66. The van der Waals surface area contributed by atoms with Gasteiger partial charge in [-0.25, -0.2) is 0 Å². The van der Waals surface area contributed by atoms with Crippen molar-refractivity contribution in [1.29, 1.82) is 0 Å². The van der Waals surface area contributed by atoms with E-state index >= 15 is 0 Å². The summed E-state index contributed by atoms with van der Waals surface area (Å²) in [4.78, 5) is 10.2. The smallest absolute Gasteiger partial charge is 0.269 e. The molecule has 0 radical (unpaired) electrons. The minimum atomic E-state index is -0.691. The Morgan fingerprint density at radius 2 is 1.90 bits per heavy atom. The summed E-state index contributed by atoms with van der Waals surface area (Å²) in [5, 5.41) is 20.8. The molecule has 1 N–H and O–H groups in total. The number of aliphatic hydroxyl groups excluding tert-OH is 1. The van der Waals surface area contributed by atoms with Crippen LogP contribution in [0.1, 0.15) is 17.2 Å². The van der Waals surface area contributed by atoms with Gasteiger partial charge in [-0.3, -0.25) is 10.1 Å². The molecule has 4 nitrogen and oxygen atoms in total. The van der Waals surface area contributed by atoms with E-state index in [1.54, 1.807) is 23.9 Å². The van der Waals surface area contributed by atoms with Crippen molar-refractivity contribution in [3.05, 3.63) is 75.8 Å². The van der Waals surface area contributed by atoms with Gasteiger partial charge in [0, 0.05) is 23.6 Å². The van der Waals surface area contributed by atoms with Gasteiger partial charge in [0.1, 0.15) is 0 Å². The maximum absolute atomic E-state index is 10.7. The van der Waals surface area contributed by atoms with Crippen LogP contribution in [0, 0.1) is 10.1 Å². The van der Waals surface area contributed by atoms with Crippen LogP contribution in [0.25, 0.3) is 0 Å². The van der Waals surface area contributed by atoms with Crippen molar-refractivity contribution in [2.75, 3.05) is 5.75 Å². The Morgan fingerprint density at radius 1 is 1.15 bits per heavy atom. The quantitative estimate of drug-likeness (QED) is 0.652. The van der Waals surface area contributed by atoms with Crippen LogP contribution in [-0.2, 0) is 5.75 Å². The normalized spacial score (nSPS) is 12.1. The zero-order valence-corrected chi connectivity index (χ0v) is 11.6. The number of rotatable bonds is 6. The summed E-state index contributed by atoms with van der Waals surface area (Å²) >= 11 is 1.60. The van der Waals surface area contributed by atoms with Gasteiger partial charge in [0.25, 0.3) is 5.69 Å². The number of aliphatic hydroxyl groups is 1. The van der Waals surface area contributed by atoms with Crippen LogP contribution >= 0.6 is 11.8 Å². The highest BCUT2D eigenvalue weighted by atomic mass is 32.2. The van der Waals surface area contributed by atoms with Crippen LogP contribution in [-0.4, -0.2) is 15.8 Å². The highest BCUT2D eigenvalue weighted by molar-refractivity contribution is 7.98. The van der Waals surface area contributed by atoms with Crippen LogP contribution in [0.2, 0.25) is 0 Å². The van der Waals surface area contributed by atoms with E-state index in [1.165, 1.54) is 17.7 Å². The van der Waals surface area contributed by atoms with Crippen molar-refractivity contribution in [3.63, 3.8) is 0 Å². The molecule has 0 saturated carbocycles. The van der Waals surface area contributed by atoms with E-state index in [0.29, 0.717) is 11.3 Å². The van der Waals surface area contributed by atoms with Gasteiger partial charge in [0.05, 0.1) is 11.0 Å². The maximum Gasteiger partial charge on any atom is 0.269 e. The van der Waals surface area contributed by atoms with Crippen molar-refractivity contribution in [1.82, 2.24) is 0 Å². The molecule has 2 aromatic rings. The number of non-ortho nitro benzene ring substituents is 1. The van der Waals surface area contributed by atoms with E-state index in [-0.39, 0.29) is 5.69 Å². The maximum atomic E-state index is 10.7. The van der Waals surface area contributed by atoms with Crippen LogP contribution in [0.5, 0.6) is 0 Å². The highest BCUT2D eigenvalue weighted by Crippen LogP contribution is 2.23. The molecule has 0 bridgehead atoms. The third kappa shape index (κ3) is 4.08. The molecule has 0 aromatic heterocycles. The van der Waals surface area contributed by atoms with Crippen molar-refractivity contribution < 1.29 is 10.0 Å². The lowest BCUT2D eigenvalue weighted by Crippen LogP contribution is -2.01. The van der Waals surface area contributed by atoms with E-state index in [4.69, 9.17) is 0 Å². The van der Waals surface area contributed by atoms with Gasteiger partial charge >= 0.3 is 0 Å². The molecular formula is C15H15NO3S. The molecule has 0 fully saturated rings. The third-order valence-electron chi connectivity index (χ3n) is 2.85. The molecule has 20 heavy (non-hydrogen) atoms. The Hall–Kier alpha value is -1.85. The molecule has 0 saturated heterocycles. The lowest BCUT2D eigenvalue weighted by molar-refractivity contribution is -0.385. The Kier molecular flexibility index (Phi) is 5.15. The standard InChI is InChI=1S/C15H15NO3S/c17-15(11-20-10-12-5-2-1-3-6-12)13-7-4-8-14(9-13)16(18)19/h1-9,15,17H,10-11H2. The van der Waals surface area contributed by atoms with E-state index in [2.05, 4.69) is 0 Å². The van der Waals surface area contributed by atoms with Gasteiger partial charge in [-0.1, -0.05) is 42.5 Å². The van der Waals surface area contributed by atoms with Gasteiger partial charge in [-0.15, -0.1) is 0 Å². The number of benzene rings is 2. The molecule has 0 aliphatic carbocycles. The molecule has 1 unspecified atom stereocenters. The number of hydrogen-bond donors (Lipinski definition) is 1. The fraction of sp³-hybridized carbons (Fsp3) is 0.200. The lowest BCUT2D eigenvalue weighted by atomic mass is 10.1. The number of hydrogen-bond acceptors (Lipinski definition) is 4. The van der Waals surface area contributed by atoms with Crippen molar-refractivity contribution in [2.24, 2.45) is 0 Å². The summed E-state index contributed by atoms with van der Waals surface area (Å²) in [7, 11) is 0. The zero-order valence-electron chi connectivity index (χ0n) is 10.8. The van der Waals surface area contributed by atoms with Crippen LogP contribution < -0.4 is 0 Å². The fourth-order valence-corrected chi connectivity index (χ4v) is 2.77. The summed E-state index contributed by atoms with van der Waals surface area (Å²) in [6.07, 6.45) is -0.691. The molecule has 0 spiro atoms. The average Bonchev–Trinajstić information content (AvgIpc) is 2.48. The summed E-state index contributed by atoms with van der Waals surface area (Å²) in [6.45, 7) is 0. The van der Waals surface area contributed by atoms with Crippen molar-refractivity contribution in [2.45, 2.75) is 11.9 Å². The van der Waals surface area contributed by atoms with Crippen LogP contribution in [0.15, 0.2) is 54.6 Å². The highest BCUT2D eigenvalue weighted by Gasteiger charge is 2.12. The molecule has 104 valence electrons. The van der Waals surface area contributed by atoms with Crippen LogP contribution in [0.3, 0.4) is 0 Å². The van der Waals surface area contributed by atoms with Gasteiger partial charge < -0.3 is 5.11 Å². The topological polar surface area (TPSA) is 63.4 Å². The lowest BCUT2D eigenvalue weighted by Gasteiger charge is -2.10. The molecule has 0 amide bonds. The second-order valence-electron chi connectivity index (χ2n) is 4.37. The second-order valence-corrected chi connectivity index (χ2v) is 5.40. The predicted molar refractivity (Wildman–Crippen MR) is 80.7 cm³/mol. The number of nitrogens with zero attached hydrogens (tertiary/aromatic N) is 1. The summed E-state index contributed by atoms with van der Waals surface area (Å²) in [5.74, 6) is 1.32. The Labute approximate surface area is 121 Å². The van der Waals surface area contributed by atoms with Gasteiger partial charge in [0.15, 0.2) is 0 Å². The predicted octanol–water partition coefficient (Wildman–Crippen LogP) is 3.56. The minimum Gasteiger partial charge on any atom is -0.388 e. The Morgan fingerprint density at radius 3 is 2.60 bits per heavy atom. The Bertz CT molecular complexity index is 574. The van der Waals surface area contributed by atoms with E-state index < -0.39 is 11.0 Å². The number of nitro groups is 1. The van der Waals surface area contributed by atoms with Gasteiger partial charge in [-0.05, 0) is 11.1 Å². The molecule has 2 rings (SSSR count). The first kappa shape index (κ1) is 14.6. The first-order valence-electron chi connectivity index (χ1n) is 6.21. The number of thioether (sulfide) groups is 1. The largest absolute Gasteiger partial charge is 0.388 e. The molecule has 0 aliphatic rings. The molecule has 1 atom stereocenters. The van der Waals surface area contributed by atoms with E-state index in [0.717, 1.165) is 5.75 Å². The SMILES string of the molecule is O=[N+]([O-])c1cccc(C(O)CSCc2ccccc2)c1. The first-order valence-corrected chi connectivity index (χ1v) is 7.36. The Balaban J connectivity index is 1.90. The third-order valence-corrected chi connectivity index (χ3v) is 3.94. The average molecular weight is 289 g/mol. The summed E-state index contributed by atoms with van der Waals surface area (Å²) in [5.41, 5.74) is 1.79. The molecule has 5 heteroatoms. The van der Waals surface area contributed by atoms with Crippen LogP contribution in [0.4, 0.5) is 5.69 Å². The van der Waals surface area contributed by atoms with Crippen molar-refractivity contribution >= 4 is 17.4 Å². The van der Waals surface area contributed by atoms with E-state index in [1.807, 2.05) is 30.3 Å². The molecule has 0 aliphatic heterocycles. The molecular weight excluding hydrogens is 274 g/mol. The molecule has 0 heterocycles. The zero-order chi connectivity index (χ0) is 14.4. The second kappa shape index (κ2) is 7.07. The minimum absolute atomic E-state index is 0.00890. The van der Waals surface area contributed by atoms with Gasteiger partial charge in [0.2, 0.25) is 0 Å². The number of nitro benzene ring substituents is 1. The van der Waals surface area contributed by atoms with Gasteiger partial charge in [-0.2, -0.15) is 11.8 Å². The molecule has 2 aromatic carbocycles. The monoisotopic (exact) mass is 289 g/mol. The summed E-state index contributed by atoms with van der Waals surface area (Å²) < 4.78 is 0. The fourth-order valence-electron chi connectivity index (χ4n) is 1.80. The van der Waals surface area contributed by atoms with E-state index in [9.17, 15) is 15.2 Å².